The molecule has 0 bridgehead atoms. The third-order valence-electron chi connectivity index (χ3n) is 6.36. The summed E-state index contributed by atoms with van der Waals surface area (Å²) in [6.07, 6.45) is 4.14. The summed E-state index contributed by atoms with van der Waals surface area (Å²) in [4.78, 5) is 22.0. The number of hydrogen-bond acceptors (Lipinski definition) is 6. The minimum absolute atomic E-state index is 0.184. The molecule has 1 atom stereocenters. The first kappa shape index (κ1) is 23.1. The quantitative estimate of drug-likeness (QED) is 0.623. The number of amides is 1. The third kappa shape index (κ3) is 5.82. The SMILES string of the molecule is Cc1nc(CN2CCC[C@](COc3ccc(Cl)c(C)c3)(CC(=O)N3CCOCC3)C2)co1. The first-order valence-corrected chi connectivity index (χ1v) is 11.7. The number of morpholine rings is 1. The molecule has 1 aromatic carbocycles. The summed E-state index contributed by atoms with van der Waals surface area (Å²) in [6, 6.07) is 5.71. The van der Waals surface area contributed by atoms with Crippen molar-refractivity contribution in [2.24, 2.45) is 5.41 Å². The first-order valence-electron chi connectivity index (χ1n) is 11.3. The highest BCUT2D eigenvalue weighted by Gasteiger charge is 2.40. The van der Waals surface area contributed by atoms with E-state index in [0.29, 0.717) is 51.8 Å². The molecular formula is C24H32ClN3O4. The number of piperidine rings is 1. The molecule has 2 aliphatic rings. The van der Waals surface area contributed by atoms with Crippen LogP contribution >= 0.6 is 11.6 Å². The summed E-state index contributed by atoms with van der Waals surface area (Å²) in [5.41, 5.74) is 1.64. The van der Waals surface area contributed by atoms with Gasteiger partial charge in [0.25, 0.3) is 0 Å². The van der Waals surface area contributed by atoms with Crippen molar-refractivity contribution in [2.75, 3.05) is 46.0 Å². The molecule has 3 heterocycles. The molecule has 2 aromatic rings. The zero-order chi connectivity index (χ0) is 22.6. The molecule has 0 N–H and O–H groups in total. The van der Waals surface area contributed by atoms with Gasteiger partial charge in [0, 0.05) is 50.0 Å². The summed E-state index contributed by atoms with van der Waals surface area (Å²) in [6.45, 7) is 9.31. The molecule has 2 saturated heterocycles. The van der Waals surface area contributed by atoms with Crippen molar-refractivity contribution in [3.63, 3.8) is 0 Å². The van der Waals surface area contributed by atoms with Crippen LogP contribution in [0.15, 0.2) is 28.9 Å². The van der Waals surface area contributed by atoms with Crippen LogP contribution in [0.4, 0.5) is 0 Å². The molecule has 174 valence electrons. The lowest BCUT2D eigenvalue weighted by molar-refractivity contribution is -0.139. The largest absolute Gasteiger partial charge is 0.493 e. The molecule has 0 unspecified atom stereocenters. The number of aryl methyl sites for hydroxylation is 2. The molecular weight excluding hydrogens is 430 g/mol. The van der Waals surface area contributed by atoms with Crippen LogP contribution in [0.2, 0.25) is 5.02 Å². The Morgan fingerprint density at radius 1 is 1.25 bits per heavy atom. The number of ether oxygens (including phenoxy) is 2. The maximum absolute atomic E-state index is 13.2. The summed E-state index contributed by atoms with van der Waals surface area (Å²) in [7, 11) is 0. The summed E-state index contributed by atoms with van der Waals surface area (Å²) in [5, 5.41) is 0.723. The van der Waals surface area contributed by atoms with Gasteiger partial charge >= 0.3 is 0 Å². The van der Waals surface area contributed by atoms with Gasteiger partial charge in [0.2, 0.25) is 5.91 Å². The fourth-order valence-corrected chi connectivity index (χ4v) is 4.77. The number of hydrogen-bond donors (Lipinski definition) is 0. The minimum Gasteiger partial charge on any atom is -0.493 e. The number of carbonyl (C=O) groups excluding carboxylic acids is 1. The van der Waals surface area contributed by atoms with E-state index in [1.807, 2.05) is 36.9 Å². The van der Waals surface area contributed by atoms with E-state index in [4.69, 9.17) is 25.5 Å². The summed E-state index contributed by atoms with van der Waals surface area (Å²) >= 11 is 6.17. The Hall–Kier alpha value is -2.09. The Morgan fingerprint density at radius 3 is 2.78 bits per heavy atom. The van der Waals surface area contributed by atoms with Crippen molar-refractivity contribution >= 4 is 17.5 Å². The van der Waals surface area contributed by atoms with E-state index in [-0.39, 0.29) is 11.3 Å². The molecule has 0 spiro atoms. The van der Waals surface area contributed by atoms with E-state index < -0.39 is 0 Å². The van der Waals surface area contributed by atoms with Crippen LogP contribution in [0.5, 0.6) is 5.75 Å². The number of nitrogens with zero attached hydrogens (tertiary/aromatic N) is 3. The van der Waals surface area contributed by atoms with Gasteiger partial charge in [0.15, 0.2) is 5.89 Å². The van der Waals surface area contributed by atoms with E-state index >= 15 is 0 Å². The lowest BCUT2D eigenvalue weighted by atomic mass is 9.77. The predicted octanol–water partition coefficient (Wildman–Crippen LogP) is 3.85. The van der Waals surface area contributed by atoms with Gasteiger partial charge in [0.1, 0.15) is 12.0 Å². The number of benzene rings is 1. The Bertz CT molecular complexity index is 928. The average Bonchev–Trinajstić information content (AvgIpc) is 3.20. The second kappa shape index (κ2) is 10.2. The maximum Gasteiger partial charge on any atom is 0.223 e. The van der Waals surface area contributed by atoms with E-state index in [1.54, 1.807) is 6.26 Å². The van der Waals surface area contributed by atoms with Crippen molar-refractivity contribution in [3.8, 4) is 5.75 Å². The number of carbonyl (C=O) groups is 1. The van der Waals surface area contributed by atoms with Crippen LogP contribution in [0, 0.1) is 19.3 Å². The second-order valence-electron chi connectivity index (χ2n) is 9.04. The van der Waals surface area contributed by atoms with Crippen molar-refractivity contribution in [2.45, 2.75) is 39.7 Å². The molecule has 1 amide bonds. The Labute approximate surface area is 194 Å². The second-order valence-corrected chi connectivity index (χ2v) is 9.45. The molecule has 2 fully saturated rings. The molecule has 2 aliphatic heterocycles. The van der Waals surface area contributed by atoms with Crippen LogP contribution in [-0.4, -0.2) is 66.7 Å². The number of halogens is 1. The van der Waals surface area contributed by atoms with Gasteiger partial charge in [-0.3, -0.25) is 9.69 Å². The van der Waals surface area contributed by atoms with E-state index in [2.05, 4.69) is 9.88 Å². The van der Waals surface area contributed by atoms with Crippen molar-refractivity contribution in [1.29, 1.82) is 0 Å². The molecule has 8 heteroatoms. The van der Waals surface area contributed by atoms with Crippen LogP contribution < -0.4 is 4.74 Å². The van der Waals surface area contributed by atoms with Crippen LogP contribution in [0.1, 0.15) is 36.4 Å². The molecule has 0 radical (unpaired) electrons. The highest BCUT2D eigenvalue weighted by Crippen LogP contribution is 2.36. The molecule has 4 rings (SSSR count). The van der Waals surface area contributed by atoms with Crippen LogP contribution in [0.3, 0.4) is 0 Å². The topological polar surface area (TPSA) is 68.0 Å². The number of likely N-dealkylation sites (tertiary alicyclic amines) is 1. The summed E-state index contributed by atoms with van der Waals surface area (Å²) < 4.78 is 17.1. The number of oxazole rings is 1. The van der Waals surface area contributed by atoms with E-state index in [9.17, 15) is 4.79 Å². The predicted molar refractivity (Wildman–Crippen MR) is 122 cm³/mol. The highest BCUT2D eigenvalue weighted by atomic mass is 35.5. The van der Waals surface area contributed by atoms with Crippen molar-refractivity contribution in [3.05, 3.63) is 46.6 Å². The highest BCUT2D eigenvalue weighted by molar-refractivity contribution is 6.31. The standard InChI is InChI=1S/C24H32ClN3O4/c1-18-12-21(4-5-22(18)25)32-17-24(13-23(29)28-8-10-30-11-9-28)6-3-7-27(16-24)14-20-15-31-19(2)26-20/h4-5,12,15H,3,6-11,13-14,16-17H2,1-2H3/t24-/m0/s1. The maximum atomic E-state index is 13.2. The summed E-state index contributed by atoms with van der Waals surface area (Å²) in [5.74, 6) is 1.64. The molecule has 0 aliphatic carbocycles. The lowest BCUT2D eigenvalue weighted by Crippen LogP contribution is -2.50. The Balaban J connectivity index is 1.49. The Morgan fingerprint density at radius 2 is 2.06 bits per heavy atom. The van der Waals surface area contributed by atoms with E-state index in [1.165, 1.54) is 0 Å². The number of rotatable bonds is 7. The third-order valence-corrected chi connectivity index (χ3v) is 6.78. The fraction of sp³-hybridized carbons (Fsp3) is 0.583. The van der Waals surface area contributed by atoms with Gasteiger partial charge in [-0.05, 0) is 50.1 Å². The smallest absolute Gasteiger partial charge is 0.223 e. The van der Waals surface area contributed by atoms with Gasteiger partial charge in [-0.15, -0.1) is 0 Å². The van der Waals surface area contributed by atoms with Crippen molar-refractivity contribution < 1.29 is 18.7 Å². The van der Waals surface area contributed by atoms with Crippen molar-refractivity contribution in [1.82, 2.24) is 14.8 Å². The normalized spacial score (nSPS) is 22.2. The monoisotopic (exact) mass is 461 g/mol. The Kier molecular flexibility index (Phi) is 7.38. The zero-order valence-electron chi connectivity index (χ0n) is 18.9. The molecule has 1 aromatic heterocycles. The van der Waals surface area contributed by atoms with Gasteiger partial charge in [-0.1, -0.05) is 11.6 Å². The van der Waals surface area contributed by atoms with Gasteiger partial charge < -0.3 is 18.8 Å². The molecule has 0 saturated carbocycles. The minimum atomic E-state index is -0.264. The molecule has 32 heavy (non-hydrogen) atoms. The first-order chi connectivity index (χ1) is 15.4. The van der Waals surface area contributed by atoms with Gasteiger partial charge in [0.05, 0.1) is 25.5 Å². The zero-order valence-corrected chi connectivity index (χ0v) is 19.7. The fourth-order valence-electron chi connectivity index (χ4n) is 4.66. The van der Waals surface area contributed by atoms with Gasteiger partial charge in [-0.25, -0.2) is 4.98 Å². The lowest BCUT2D eigenvalue weighted by Gasteiger charge is -2.43. The number of aromatic nitrogens is 1. The van der Waals surface area contributed by atoms with Gasteiger partial charge in [-0.2, -0.15) is 0 Å². The average molecular weight is 462 g/mol. The van der Waals surface area contributed by atoms with Crippen LogP contribution in [0.25, 0.3) is 0 Å². The van der Waals surface area contributed by atoms with Crippen LogP contribution in [-0.2, 0) is 16.1 Å². The van der Waals surface area contributed by atoms with E-state index in [0.717, 1.165) is 48.0 Å². The molecule has 7 nitrogen and oxygen atoms in total.